The quantitative estimate of drug-likeness (QED) is 0.443. The summed E-state index contributed by atoms with van der Waals surface area (Å²) in [6.07, 6.45) is 0.763. The van der Waals surface area contributed by atoms with E-state index in [1.807, 2.05) is 52.0 Å². The van der Waals surface area contributed by atoms with Gasteiger partial charge in [0.25, 0.3) is 5.91 Å². The zero-order valence-corrected chi connectivity index (χ0v) is 18.1. The highest BCUT2D eigenvalue weighted by molar-refractivity contribution is 5.94. The van der Waals surface area contributed by atoms with E-state index in [2.05, 4.69) is 20.9 Å². The molecule has 0 heterocycles. The molecule has 0 fully saturated rings. The molecule has 0 unspecified atom stereocenters. The lowest BCUT2D eigenvalue weighted by Gasteiger charge is -2.22. The van der Waals surface area contributed by atoms with Gasteiger partial charge >= 0.3 is 0 Å². The number of rotatable bonds is 9. The van der Waals surface area contributed by atoms with Crippen LogP contribution in [-0.4, -0.2) is 62.9 Å². The van der Waals surface area contributed by atoms with Crippen LogP contribution in [0.5, 0.6) is 0 Å². The van der Waals surface area contributed by atoms with Gasteiger partial charge in [0.15, 0.2) is 5.96 Å². The molecular formula is C21H35N5O2. The molecule has 0 atom stereocenters. The lowest BCUT2D eigenvalue weighted by atomic mass is 9.92. The van der Waals surface area contributed by atoms with Gasteiger partial charge in [0, 0.05) is 39.3 Å². The fourth-order valence-electron chi connectivity index (χ4n) is 2.53. The third-order valence-electron chi connectivity index (χ3n) is 4.21. The van der Waals surface area contributed by atoms with E-state index in [9.17, 15) is 9.59 Å². The lowest BCUT2D eigenvalue weighted by molar-refractivity contribution is -0.128. The summed E-state index contributed by atoms with van der Waals surface area (Å²) in [4.78, 5) is 30.3. The van der Waals surface area contributed by atoms with Gasteiger partial charge in [-0.25, -0.2) is 0 Å². The summed E-state index contributed by atoms with van der Waals surface area (Å²) in [5.74, 6) is 0.676. The molecule has 1 aromatic rings. The minimum absolute atomic E-state index is 0.00250. The standard InChI is InChI=1S/C21H35N5O2/c1-7-22-19(28)21(3,4)15-25-20(23-8-2)24-13-12-16-10-9-11-17(14-16)18(27)26(5)6/h9-11,14H,7-8,12-13,15H2,1-6H3,(H,22,28)(H2,23,24,25). The fraction of sp³-hybridized carbons (Fsp3) is 0.571. The van der Waals surface area contributed by atoms with Crippen molar-refractivity contribution in [3.8, 4) is 0 Å². The van der Waals surface area contributed by atoms with Gasteiger partial charge in [0.2, 0.25) is 5.91 Å². The van der Waals surface area contributed by atoms with E-state index >= 15 is 0 Å². The van der Waals surface area contributed by atoms with E-state index in [-0.39, 0.29) is 11.8 Å². The van der Waals surface area contributed by atoms with Crippen molar-refractivity contribution >= 4 is 17.8 Å². The molecule has 0 aliphatic rings. The molecule has 7 nitrogen and oxygen atoms in total. The number of benzene rings is 1. The molecule has 7 heteroatoms. The molecule has 2 amide bonds. The number of hydrogen-bond acceptors (Lipinski definition) is 3. The Labute approximate surface area is 169 Å². The highest BCUT2D eigenvalue weighted by atomic mass is 16.2. The van der Waals surface area contributed by atoms with Crippen LogP contribution in [0.3, 0.4) is 0 Å². The number of nitrogens with one attached hydrogen (secondary N) is 3. The van der Waals surface area contributed by atoms with Crippen LogP contribution in [0.4, 0.5) is 0 Å². The Morgan fingerprint density at radius 1 is 1.07 bits per heavy atom. The second kappa shape index (κ2) is 11.3. The second-order valence-corrected chi connectivity index (χ2v) is 7.52. The molecule has 0 saturated carbocycles. The molecule has 3 N–H and O–H groups in total. The number of guanidine groups is 1. The number of carbonyl (C=O) groups is 2. The van der Waals surface area contributed by atoms with E-state index in [1.165, 1.54) is 0 Å². The molecule has 0 aliphatic carbocycles. The van der Waals surface area contributed by atoms with Crippen LogP contribution < -0.4 is 16.0 Å². The molecule has 0 aliphatic heterocycles. The number of nitrogens with zero attached hydrogens (tertiary/aromatic N) is 2. The first-order chi connectivity index (χ1) is 13.2. The average Bonchev–Trinajstić information content (AvgIpc) is 2.66. The zero-order valence-electron chi connectivity index (χ0n) is 18.1. The van der Waals surface area contributed by atoms with Gasteiger partial charge in [-0.1, -0.05) is 12.1 Å². The van der Waals surface area contributed by atoms with Gasteiger partial charge in [0.1, 0.15) is 0 Å². The van der Waals surface area contributed by atoms with Crippen molar-refractivity contribution in [1.29, 1.82) is 0 Å². The minimum Gasteiger partial charge on any atom is -0.357 e. The Kier molecular flexibility index (Phi) is 9.48. The van der Waals surface area contributed by atoms with Crippen molar-refractivity contribution < 1.29 is 9.59 Å². The SMILES string of the molecule is CCNC(=O)C(C)(C)CN=C(NCC)NCCc1cccc(C(=O)N(C)C)c1. The third-order valence-corrected chi connectivity index (χ3v) is 4.21. The van der Waals surface area contributed by atoms with Crippen LogP contribution in [0.1, 0.15) is 43.6 Å². The highest BCUT2D eigenvalue weighted by Gasteiger charge is 2.26. The third kappa shape index (κ3) is 7.58. The number of aliphatic imine (C=N–C) groups is 1. The monoisotopic (exact) mass is 389 g/mol. The van der Waals surface area contributed by atoms with E-state index < -0.39 is 5.41 Å². The van der Waals surface area contributed by atoms with Gasteiger partial charge in [-0.2, -0.15) is 0 Å². The number of amides is 2. The van der Waals surface area contributed by atoms with Crippen LogP contribution in [0.25, 0.3) is 0 Å². The molecule has 0 spiro atoms. The molecule has 0 aromatic heterocycles. The van der Waals surface area contributed by atoms with Crippen LogP contribution >= 0.6 is 0 Å². The number of carbonyl (C=O) groups excluding carboxylic acids is 2. The molecule has 1 rings (SSSR count). The van der Waals surface area contributed by atoms with Crippen LogP contribution in [-0.2, 0) is 11.2 Å². The molecule has 1 aromatic carbocycles. The predicted molar refractivity (Wildman–Crippen MR) is 115 cm³/mol. The maximum Gasteiger partial charge on any atom is 0.253 e. The second-order valence-electron chi connectivity index (χ2n) is 7.52. The van der Waals surface area contributed by atoms with Gasteiger partial charge < -0.3 is 20.9 Å². The van der Waals surface area contributed by atoms with Gasteiger partial charge in [-0.15, -0.1) is 0 Å². The Morgan fingerprint density at radius 3 is 2.36 bits per heavy atom. The van der Waals surface area contributed by atoms with Crippen LogP contribution in [0.15, 0.2) is 29.3 Å². The average molecular weight is 390 g/mol. The topological polar surface area (TPSA) is 85.8 Å². The summed E-state index contributed by atoms with van der Waals surface area (Å²) in [6, 6.07) is 7.66. The number of hydrogen-bond donors (Lipinski definition) is 3. The maximum atomic E-state index is 12.1. The summed E-state index contributed by atoms with van der Waals surface area (Å²) < 4.78 is 0. The summed E-state index contributed by atoms with van der Waals surface area (Å²) in [6.45, 7) is 10.1. The summed E-state index contributed by atoms with van der Waals surface area (Å²) in [5, 5.41) is 9.35. The first kappa shape index (κ1) is 23.5. The van der Waals surface area contributed by atoms with E-state index in [4.69, 9.17) is 0 Å². The minimum atomic E-state index is -0.570. The highest BCUT2D eigenvalue weighted by Crippen LogP contribution is 2.15. The Hall–Kier alpha value is -2.57. The molecular weight excluding hydrogens is 354 g/mol. The van der Waals surface area contributed by atoms with Crippen molar-refractivity contribution in [2.24, 2.45) is 10.4 Å². The summed E-state index contributed by atoms with van der Waals surface area (Å²) >= 11 is 0. The van der Waals surface area contributed by atoms with Gasteiger partial charge in [-0.05, 0) is 51.8 Å². The smallest absolute Gasteiger partial charge is 0.253 e. The molecule has 156 valence electrons. The van der Waals surface area contributed by atoms with Crippen molar-refractivity contribution in [3.63, 3.8) is 0 Å². The molecule has 0 radical (unpaired) electrons. The first-order valence-corrected chi connectivity index (χ1v) is 9.82. The zero-order chi connectivity index (χ0) is 21.2. The van der Waals surface area contributed by atoms with Gasteiger partial charge in [-0.3, -0.25) is 14.6 Å². The van der Waals surface area contributed by atoms with E-state index in [0.29, 0.717) is 31.2 Å². The Bertz CT molecular complexity index is 683. The molecule has 0 bridgehead atoms. The van der Waals surface area contributed by atoms with Crippen molar-refractivity contribution in [3.05, 3.63) is 35.4 Å². The van der Waals surface area contributed by atoms with Crippen LogP contribution in [0.2, 0.25) is 0 Å². The van der Waals surface area contributed by atoms with Crippen molar-refractivity contribution in [1.82, 2.24) is 20.9 Å². The maximum absolute atomic E-state index is 12.1. The van der Waals surface area contributed by atoms with Crippen molar-refractivity contribution in [2.75, 3.05) is 40.3 Å². The summed E-state index contributed by atoms with van der Waals surface area (Å²) in [7, 11) is 3.50. The molecule has 0 saturated heterocycles. The van der Waals surface area contributed by atoms with Crippen LogP contribution in [0, 0.1) is 5.41 Å². The largest absolute Gasteiger partial charge is 0.357 e. The first-order valence-electron chi connectivity index (χ1n) is 9.82. The normalized spacial score (nSPS) is 11.7. The fourth-order valence-corrected chi connectivity index (χ4v) is 2.53. The van der Waals surface area contributed by atoms with E-state index in [1.54, 1.807) is 19.0 Å². The van der Waals surface area contributed by atoms with E-state index in [0.717, 1.165) is 18.5 Å². The Balaban J connectivity index is 2.68. The predicted octanol–water partition coefficient (Wildman–Crippen LogP) is 1.65. The molecule has 28 heavy (non-hydrogen) atoms. The van der Waals surface area contributed by atoms with Crippen molar-refractivity contribution in [2.45, 2.75) is 34.1 Å². The lowest BCUT2D eigenvalue weighted by Crippen LogP contribution is -2.42. The van der Waals surface area contributed by atoms with Gasteiger partial charge in [0.05, 0.1) is 12.0 Å². The Morgan fingerprint density at radius 2 is 1.75 bits per heavy atom. The summed E-state index contributed by atoms with van der Waals surface area (Å²) in [5.41, 5.74) is 1.20.